The Hall–Kier alpha value is -0.590. The molecule has 0 radical (unpaired) electrons. The first-order chi connectivity index (χ1) is 7.32. The van der Waals surface area contributed by atoms with Crippen molar-refractivity contribution in [3.05, 3.63) is 11.6 Å². The van der Waals surface area contributed by atoms with Crippen molar-refractivity contribution in [2.24, 2.45) is 10.8 Å². The van der Waals surface area contributed by atoms with Crippen LogP contribution in [0.5, 0.6) is 0 Å². The number of rotatable bonds is 4. The molecule has 0 N–H and O–H groups in total. The van der Waals surface area contributed by atoms with E-state index in [2.05, 4.69) is 33.8 Å². The molecule has 16 heavy (non-hydrogen) atoms. The van der Waals surface area contributed by atoms with Gasteiger partial charge < -0.3 is 0 Å². The van der Waals surface area contributed by atoms with Crippen LogP contribution in [-0.2, 0) is 4.79 Å². The van der Waals surface area contributed by atoms with Crippen LogP contribution in [0.15, 0.2) is 11.6 Å². The number of Topliss-reactive ketones (excluding diaryl/α,β-unsaturated/α-hetero) is 1. The van der Waals surface area contributed by atoms with Gasteiger partial charge in [0.25, 0.3) is 0 Å². The lowest BCUT2D eigenvalue weighted by atomic mass is 9.67. The van der Waals surface area contributed by atoms with E-state index in [1.54, 1.807) is 6.92 Å². The van der Waals surface area contributed by atoms with E-state index < -0.39 is 0 Å². The second-order valence-corrected chi connectivity index (χ2v) is 6.14. The highest BCUT2D eigenvalue weighted by atomic mass is 16.1. The molecule has 1 aliphatic rings. The lowest BCUT2D eigenvalue weighted by Crippen LogP contribution is -2.29. The van der Waals surface area contributed by atoms with Crippen LogP contribution in [0.1, 0.15) is 66.7 Å². The summed E-state index contributed by atoms with van der Waals surface area (Å²) in [5.41, 5.74) is 1.80. The predicted octanol–water partition coefficient (Wildman–Crippen LogP) is 4.52. The Morgan fingerprint density at radius 3 is 2.25 bits per heavy atom. The zero-order valence-electron chi connectivity index (χ0n) is 11.5. The Morgan fingerprint density at radius 1 is 1.25 bits per heavy atom. The fraction of sp³-hybridized carbons (Fsp3) is 0.800. The van der Waals surface area contributed by atoms with Crippen LogP contribution in [0.4, 0.5) is 0 Å². The van der Waals surface area contributed by atoms with Crippen LogP contribution in [0.25, 0.3) is 0 Å². The molecule has 1 rings (SSSR count). The van der Waals surface area contributed by atoms with Gasteiger partial charge in [0.05, 0.1) is 0 Å². The Kier molecular flexibility index (Phi) is 3.98. The first-order valence-corrected chi connectivity index (χ1v) is 6.52. The van der Waals surface area contributed by atoms with Crippen molar-refractivity contribution in [1.29, 1.82) is 0 Å². The standard InChI is InChI=1S/C15H26O/c1-6-13(12(2)16)8-11-15(5)10-7-9-14(15,3)4/h8H,6-7,9-11H2,1-5H3/b13-8+. The number of carbonyl (C=O) groups is 1. The van der Waals surface area contributed by atoms with E-state index in [9.17, 15) is 4.79 Å². The maximum Gasteiger partial charge on any atom is 0.155 e. The van der Waals surface area contributed by atoms with Crippen LogP contribution >= 0.6 is 0 Å². The van der Waals surface area contributed by atoms with Crippen molar-refractivity contribution < 1.29 is 4.79 Å². The van der Waals surface area contributed by atoms with Crippen molar-refractivity contribution in [3.8, 4) is 0 Å². The molecule has 1 unspecified atom stereocenters. The lowest BCUT2D eigenvalue weighted by Gasteiger charge is -2.38. The second kappa shape index (κ2) is 4.73. The van der Waals surface area contributed by atoms with E-state index in [0.29, 0.717) is 10.8 Å². The Morgan fingerprint density at radius 2 is 1.88 bits per heavy atom. The summed E-state index contributed by atoms with van der Waals surface area (Å²) in [6, 6.07) is 0. The minimum atomic E-state index is 0.238. The average Bonchev–Trinajstić information content (AvgIpc) is 2.42. The number of carbonyl (C=O) groups excluding carboxylic acids is 1. The van der Waals surface area contributed by atoms with Gasteiger partial charge in [-0.2, -0.15) is 0 Å². The van der Waals surface area contributed by atoms with Gasteiger partial charge in [0, 0.05) is 0 Å². The van der Waals surface area contributed by atoms with Crippen molar-refractivity contribution >= 4 is 5.78 Å². The maximum atomic E-state index is 11.4. The summed E-state index contributed by atoms with van der Waals surface area (Å²) >= 11 is 0. The summed E-state index contributed by atoms with van der Waals surface area (Å²) in [7, 11) is 0. The van der Waals surface area contributed by atoms with E-state index in [1.807, 2.05) is 0 Å². The van der Waals surface area contributed by atoms with Gasteiger partial charge in [0.15, 0.2) is 5.78 Å². The normalized spacial score (nSPS) is 29.4. The maximum absolute atomic E-state index is 11.4. The van der Waals surface area contributed by atoms with Gasteiger partial charge in [-0.15, -0.1) is 0 Å². The highest BCUT2D eigenvalue weighted by Crippen LogP contribution is 2.54. The summed E-state index contributed by atoms with van der Waals surface area (Å²) in [4.78, 5) is 11.4. The summed E-state index contributed by atoms with van der Waals surface area (Å²) in [6.45, 7) is 10.9. The third kappa shape index (κ3) is 2.56. The van der Waals surface area contributed by atoms with Crippen LogP contribution in [0.3, 0.4) is 0 Å². The third-order valence-electron chi connectivity index (χ3n) is 4.80. The highest BCUT2D eigenvalue weighted by Gasteiger charge is 2.43. The molecular weight excluding hydrogens is 196 g/mol. The molecule has 1 aliphatic carbocycles. The topological polar surface area (TPSA) is 17.1 Å². The van der Waals surface area contributed by atoms with Gasteiger partial charge in [-0.3, -0.25) is 4.79 Å². The minimum absolute atomic E-state index is 0.238. The lowest BCUT2D eigenvalue weighted by molar-refractivity contribution is -0.113. The molecule has 0 heterocycles. The average molecular weight is 222 g/mol. The SMILES string of the molecule is CC/C(=C\CC1(C)CCCC1(C)C)C(C)=O. The Bertz CT molecular complexity index is 299. The second-order valence-electron chi connectivity index (χ2n) is 6.14. The molecule has 0 aromatic rings. The van der Waals surface area contributed by atoms with Gasteiger partial charge in [-0.25, -0.2) is 0 Å². The molecule has 0 aliphatic heterocycles. The predicted molar refractivity (Wildman–Crippen MR) is 69.4 cm³/mol. The Labute approximate surface area is 100 Å². The molecule has 1 nitrogen and oxygen atoms in total. The number of hydrogen-bond acceptors (Lipinski definition) is 1. The first-order valence-electron chi connectivity index (χ1n) is 6.52. The fourth-order valence-electron chi connectivity index (χ4n) is 2.82. The molecule has 0 aromatic heterocycles. The van der Waals surface area contributed by atoms with Crippen LogP contribution in [0, 0.1) is 10.8 Å². The quantitative estimate of drug-likeness (QED) is 0.639. The largest absolute Gasteiger partial charge is 0.295 e. The van der Waals surface area contributed by atoms with Gasteiger partial charge in [0.1, 0.15) is 0 Å². The zero-order valence-corrected chi connectivity index (χ0v) is 11.5. The molecule has 0 saturated heterocycles. The number of ketones is 1. The highest BCUT2D eigenvalue weighted by molar-refractivity contribution is 5.93. The fourth-order valence-corrected chi connectivity index (χ4v) is 2.82. The first kappa shape index (κ1) is 13.5. The van der Waals surface area contributed by atoms with Gasteiger partial charge in [-0.1, -0.05) is 40.2 Å². The van der Waals surface area contributed by atoms with E-state index in [4.69, 9.17) is 0 Å². The smallest absolute Gasteiger partial charge is 0.155 e. The van der Waals surface area contributed by atoms with Gasteiger partial charge in [0.2, 0.25) is 0 Å². The monoisotopic (exact) mass is 222 g/mol. The summed E-state index contributed by atoms with van der Waals surface area (Å²) in [5, 5.41) is 0. The molecule has 0 bridgehead atoms. The molecule has 1 saturated carbocycles. The van der Waals surface area contributed by atoms with Crippen LogP contribution in [-0.4, -0.2) is 5.78 Å². The molecule has 0 aromatic carbocycles. The minimum Gasteiger partial charge on any atom is -0.295 e. The number of allylic oxidation sites excluding steroid dienone is 2. The van der Waals surface area contributed by atoms with Crippen molar-refractivity contribution in [3.63, 3.8) is 0 Å². The van der Waals surface area contributed by atoms with Crippen LogP contribution in [0.2, 0.25) is 0 Å². The van der Waals surface area contributed by atoms with E-state index in [0.717, 1.165) is 18.4 Å². The van der Waals surface area contributed by atoms with E-state index >= 15 is 0 Å². The number of hydrogen-bond donors (Lipinski definition) is 0. The summed E-state index contributed by atoms with van der Waals surface area (Å²) < 4.78 is 0. The zero-order chi connectivity index (χ0) is 12.4. The van der Waals surface area contributed by atoms with Crippen molar-refractivity contribution in [2.75, 3.05) is 0 Å². The molecule has 0 spiro atoms. The summed E-state index contributed by atoms with van der Waals surface area (Å²) in [5.74, 6) is 0.238. The summed E-state index contributed by atoms with van der Waals surface area (Å²) in [6.07, 6.45) is 8.06. The van der Waals surface area contributed by atoms with Gasteiger partial charge >= 0.3 is 0 Å². The van der Waals surface area contributed by atoms with Crippen molar-refractivity contribution in [1.82, 2.24) is 0 Å². The van der Waals surface area contributed by atoms with E-state index in [-0.39, 0.29) is 5.78 Å². The molecule has 1 atom stereocenters. The van der Waals surface area contributed by atoms with Crippen LogP contribution < -0.4 is 0 Å². The van der Waals surface area contributed by atoms with Gasteiger partial charge in [-0.05, 0) is 49.0 Å². The Balaban J connectivity index is 2.77. The van der Waals surface area contributed by atoms with E-state index in [1.165, 1.54) is 19.3 Å². The molecule has 1 heteroatoms. The van der Waals surface area contributed by atoms with Crippen molar-refractivity contribution in [2.45, 2.75) is 66.7 Å². The molecular formula is C15H26O. The third-order valence-corrected chi connectivity index (χ3v) is 4.80. The molecule has 0 amide bonds. The molecule has 92 valence electrons. The molecule has 1 fully saturated rings.